The Hall–Kier alpha value is -1.06. The molecule has 26 heavy (non-hydrogen) atoms. The van der Waals surface area contributed by atoms with Crippen LogP contribution in [-0.2, 0) is 11.3 Å². The van der Waals surface area contributed by atoms with Crippen molar-refractivity contribution in [3.8, 4) is 5.75 Å². The molecule has 1 aliphatic heterocycles. The number of aryl methyl sites for hydroxylation is 1. The molecular formula is C19H33IN4O2. The molecule has 1 fully saturated rings. The standard InChI is InChI=1S/C19H32N4O2.HI/c1-16-6-7-17(18(14-16)24-3)15-22-19(20-2)21-8-4-5-9-23-10-12-25-13-11-23;/h6-7,14H,4-5,8-13,15H2,1-3H3,(H2,20,21,22);1H. The van der Waals surface area contributed by atoms with E-state index in [9.17, 15) is 0 Å². The van der Waals surface area contributed by atoms with Crippen molar-refractivity contribution in [3.63, 3.8) is 0 Å². The molecule has 0 atom stereocenters. The average molecular weight is 476 g/mol. The Morgan fingerprint density at radius 2 is 2.00 bits per heavy atom. The van der Waals surface area contributed by atoms with Crippen LogP contribution in [0.3, 0.4) is 0 Å². The van der Waals surface area contributed by atoms with Crippen molar-refractivity contribution in [2.24, 2.45) is 4.99 Å². The normalized spacial score (nSPS) is 15.3. The zero-order chi connectivity index (χ0) is 17.9. The van der Waals surface area contributed by atoms with Crippen LogP contribution < -0.4 is 15.4 Å². The molecule has 0 saturated carbocycles. The van der Waals surface area contributed by atoms with Crippen molar-refractivity contribution in [3.05, 3.63) is 29.3 Å². The van der Waals surface area contributed by atoms with Gasteiger partial charge in [-0.25, -0.2) is 0 Å². The maximum Gasteiger partial charge on any atom is 0.191 e. The number of unbranched alkanes of at least 4 members (excludes halogenated alkanes) is 1. The molecule has 1 saturated heterocycles. The summed E-state index contributed by atoms with van der Waals surface area (Å²) in [4.78, 5) is 6.76. The Morgan fingerprint density at radius 1 is 1.23 bits per heavy atom. The van der Waals surface area contributed by atoms with Gasteiger partial charge in [-0.2, -0.15) is 0 Å². The number of methoxy groups -OCH3 is 1. The lowest BCUT2D eigenvalue weighted by atomic mass is 10.1. The third-order valence-electron chi connectivity index (χ3n) is 4.41. The molecule has 1 aliphatic rings. The van der Waals surface area contributed by atoms with Crippen molar-refractivity contribution in [2.75, 3.05) is 53.6 Å². The van der Waals surface area contributed by atoms with E-state index in [1.54, 1.807) is 14.2 Å². The number of ether oxygens (including phenoxy) is 2. The van der Waals surface area contributed by atoms with Crippen molar-refractivity contribution in [1.82, 2.24) is 15.5 Å². The quantitative estimate of drug-likeness (QED) is 0.261. The molecule has 7 heteroatoms. The van der Waals surface area contributed by atoms with Crippen LogP contribution in [0.4, 0.5) is 0 Å². The molecule has 2 N–H and O–H groups in total. The molecule has 0 unspecified atom stereocenters. The van der Waals surface area contributed by atoms with Gasteiger partial charge in [0, 0.05) is 38.8 Å². The van der Waals surface area contributed by atoms with Gasteiger partial charge in [0.1, 0.15) is 5.75 Å². The summed E-state index contributed by atoms with van der Waals surface area (Å²) in [6, 6.07) is 6.25. The number of hydrogen-bond acceptors (Lipinski definition) is 4. The van der Waals surface area contributed by atoms with Crippen LogP contribution in [0, 0.1) is 6.92 Å². The van der Waals surface area contributed by atoms with E-state index in [1.807, 2.05) is 0 Å². The fourth-order valence-electron chi connectivity index (χ4n) is 2.89. The number of nitrogens with one attached hydrogen (secondary N) is 2. The Labute approximate surface area is 174 Å². The third kappa shape index (κ3) is 8.09. The molecule has 1 aromatic carbocycles. The van der Waals surface area contributed by atoms with Crippen LogP contribution in [0.25, 0.3) is 0 Å². The number of guanidine groups is 1. The zero-order valence-electron chi connectivity index (χ0n) is 16.2. The lowest BCUT2D eigenvalue weighted by Crippen LogP contribution is -2.38. The van der Waals surface area contributed by atoms with Crippen LogP contribution >= 0.6 is 24.0 Å². The molecule has 0 aromatic heterocycles. The molecule has 0 spiro atoms. The van der Waals surface area contributed by atoms with Gasteiger partial charge in [-0.3, -0.25) is 9.89 Å². The minimum Gasteiger partial charge on any atom is -0.496 e. The first-order valence-electron chi connectivity index (χ1n) is 9.11. The van der Waals surface area contributed by atoms with E-state index < -0.39 is 0 Å². The second-order valence-electron chi connectivity index (χ2n) is 6.33. The molecule has 1 aromatic rings. The smallest absolute Gasteiger partial charge is 0.191 e. The average Bonchev–Trinajstić information content (AvgIpc) is 2.65. The minimum atomic E-state index is 0. The summed E-state index contributed by atoms with van der Waals surface area (Å²) in [5.74, 6) is 1.74. The number of hydrogen-bond donors (Lipinski definition) is 2. The summed E-state index contributed by atoms with van der Waals surface area (Å²) < 4.78 is 10.8. The van der Waals surface area contributed by atoms with E-state index in [-0.39, 0.29) is 24.0 Å². The van der Waals surface area contributed by atoms with Crippen molar-refractivity contribution in [1.29, 1.82) is 0 Å². The van der Waals surface area contributed by atoms with Crippen LogP contribution in [0.2, 0.25) is 0 Å². The van der Waals surface area contributed by atoms with E-state index in [0.717, 1.165) is 63.1 Å². The number of nitrogens with zero attached hydrogens (tertiary/aromatic N) is 2. The lowest BCUT2D eigenvalue weighted by Gasteiger charge is -2.26. The Kier molecular flexibility index (Phi) is 11.6. The number of benzene rings is 1. The van der Waals surface area contributed by atoms with Gasteiger partial charge in [0.2, 0.25) is 0 Å². The SMILES string of the molecule is CN=C(NCCCCN1CCOCC1)NCc1ccc(C)cc1OC.I. The number of morpholine rings is 1. The predicted octanol–water partition coefficient (Wildman–Crippen LogP) is 2.40. The highest BCUT2D eigenvalue weighted by Crippen LogP contribution is 2.19. The molecule has 0 aliphatic carbocycles. The van der Waals surface area contributed by atoms with Gasteiger partial charge in [-0.15, -0.1) is 24.0 Å². The van der Waals surface area contributed by atoms with Crippen LogP contribution in [-0.4, -0.2) is 64.4 Å². The topological polar surface area (TPSA) is 58.1 Å². The highest BCUT2D eigenvalue weighted by Gasteiger charge is 2.09. The summed E-state index contributed by atoms with van der Waals surface area (Å²) in [6.07, 6.45) is 2.32. The molecular weight excluding hydrogens is 443 g/mol. The first-order chi connectivity index (χ1) is 12.2. The van der Waals surface area contributed by atoms with Crippen LogP contribution in [0.1, 0.15) is 24.0 Å². The van der Waals surface area contributed by atoms with Crippen LogP contribution in [0.5, 0.6) is 5.75 Å². The molecule has 1 heterocycles. The zero-order valence-corrected chi connectivity index (χ0v) is 18.5. The van der Waals surface area contributed by atoms with Crippen molar-refractivity contribution in [2.45, 2.75) is 26.3 Å². The van der Waals surface area contributed by atoms with Crippen LogP contribution in [0.15, 0.2) is 23.2 Å². The van der Waals surface area contributed by atoms with Crippen molar-refractivity contribution >= 4 is 29.9 Å². The summed E-state index contributed by atoms with van der Waals surface area (Å²) in [5, 5.41) is 6.73. The Morgan fingerprint density at radius 3 is 2.69 bits per heavy atom. The number of rotatable bonds is 8. The Bertz CT molecular complexity index is 548. The second kappa shape index (κ2) is 13.2. The van der Waals surface area contributed by atoms with Gasteiger partial charge in [-0.05, 0) is 37.9 Å². The van der Waals surface area contributed by atoms with Gasteiger partial charge in [0.15, 0.2) is 5.96 Å². The van der Waals surface area contributed by atoms with E-state index in [1.165, 1.54) is 12.0 Å². The molecule has 0 bridgehead atoms. The molecule has 6 nitrogen and oxygen atoms in total. The molecule has 0 radical (unpaired) electrons. The van der Waals surface area contributed by atoms with E-state index in [0.29, 0.717) is 6.54 Å². The first-order valence-corrected chi connectivity index (χ1v) is 9.11. The maximum atomic E-state index is 5.45. The van der Waals surface area contributed by atoms with E-state index >= 15 is 0 Å². The van der Waals surface area contributed by atoms with Gasteiger partial charge in [-0.1, -0.05) is 12.1 Å². The number of aliphatic imine (C=N–C) groups is 1. The van der Waals surface area contributed by atoms with Gasteiger partial charge >= 0.3 is 0 Å². The van der Waals surface area contributed by atoms with Crippen molar-refractivity contribution < 1.29 is 9.47 Å². The summed E-state index contributed by atoms with van der Waals surface area (Å²) >= 11 is 0. The predicted molar refractivity (Wildman–Crippen MR) is 118 cm³/mol. The number of halogens is 1. The molecule has 148 valence electrons. The molecule has 2 rings (SSSR count). The van der Waals surface area contributed by atoms with E-state index in [4.69, 9.17) is 9.47 Å². The monoisotopic (exact) mass is 476 g/mol. The molecule has 0 amide bonds. The fourth-order valence-corrected chi connectivity index (χ4v) is 2.89. The largest absolute Gasteiger partial charge is 0.496 e. The highest BCUT2D eigenvalue weighted by atomic mass is 127. The lowest BCUT2D eigenvalue weighted by molar-refractivity contribution is 0.0372. The minimum absolute atomic E-state index is 0. The van der Waals surface area contributed by atoms with Gasteiger partial charge in [0.25, 0.3) is 0 Å². The summed E-state index contributed by atoms with van der Waals surface area (Å²) in [7, 11) is 3.51. The second-order valence-corrected chi connectivity index (χ2v) is 6.33. The first kappa shape index (κ1) is 23.0. The summed E-state index contributed by atoms with van der Waals surface area (Å²) in [6.45, 7) is 8.71. The Balaban J connectivity index is 0.00000338. The summed E-state index contributed by atoms with van der Waals surface area (Å²) in [5.41, 5.74) is 2.33. The maximum absolute atomic E-state index is 5.45. The third-order valence-corrected chi connectivity index (χ3v) is 4.41. The van der Waals surface area contributed by atoms with E-state index in [2.05, 4.69) is 45.6 Å². The fraction of sp³-hybridized carbons (Fsp3) is 0.632. The van der Waals surface area contributed by atoms with Gasteiger partial charge in [0.05, 0.1) is 20.3 Å². The van der Waals surface area contributed by atoms with Gasteiger partial charge < -0.3 is 20.1 Å². The highest BCUT2D eigenvalue weighted by molar-refractivity contribution is 14.0.